The molecule has 0 radical (unpaired) electrons. The van der Waals surface area contributed by atoms with Gasteiger partial charge in [0.15, 0.2) is 0 Å². The quantitative estimate of drug-likeness (QED) is 0.811. The van der Waals surface area contributed by atoms with Crippen LogP contribution in [0, 0.1) is 0 Å². The normalized spacial score (nSPS) is 14.9. The molecule has 0 saturated carbocycles. The molecule has 12 heteroatoms. The lowest BCUT2D eigenvalue weighted by atomic mass is 10.2. The molecule has 0 fully saturated rings. The molecule has 2 N–H and O–H groups in total. The van der Waals surface area contributed by atoms with Crippen molar-refractivity contribution in [3.05, 3.63) is 48.0 Å². The van der Waals surface area contributed by atoms with Crippen molar-refractivity contribution in [1.82, 2.24) is 0 Å². The van der Waals surface area contributed by atoms with Gasteiger partial charge in [-0.05, 0) is 42.3 Å². The number of hydrogen-bond donors (Lipinski definition) is 1. The number of primary sulfonamides is 1. The van der Waals surface area contributed by atoms with Crippen molar-refractivity contribution in [1.29, 1.82) is 0 Å². The summed E-state index contributed by atoms with van der Waals surface area (Å²) in [5.74, 6) is -0.848. The summed E-state index contributed by atoms with van der Waals surface area (Å²) >= 11 is 0. The second kappa shape index (κ2) is 6.39. The summed E-state index contributed by atoms with van der Waals surface area (Å²) < 4.78 is 91.2. The van der Waals surface area contributed by atoms with Crippen LogP contribution in [-0.2, 0) is 26.5 Å². The number of rotatable bonds is 4. The molecule has 0 amide bonds. The van der Waals surface area contributed by atoms with Crippen LogP contribution in [0.3, 0.4) is 0 Å². The first kappa shape index (κ1) is 19.5. The maximum atomic E-state index is 12.9. The molecule has 0 aromatic heterocycles. The molecule has 0 spiro atoms. The van der Waals surface area contributed by atoms with Crippen LogP contribution in [0.25, 0.3) is 0 Å². The fourth-order valence-corrected chi connectivity index (χ4v) is 4.95. The Morgan fingerprint density at radius 3 is 2.33 bits per heavy atom. The fourth-order valence-electron chi connectivity index (χ4n) is 2.77. The van der Waals surface area contributed by atoms with E-state index in [-0.39, 0.29) is 23.5 Å². The van der Waals surface area contributed by atoms with Crippen LogP contribution >= 0.6 is 0 Å². The molecule has 0 atom stereocenters. The summed E-state index contributed by atoms with van der Waals surface area (Å²) in [5.41, 5.74) is 0.573. The Kier molecular flexibility index (Phi) is 4.60. The molecule has 0 aliphatic carbocycles. The van der Waals surface area contributed by atoms with Crippen molar-refractivity contribution in [3.63, 3.8) is 0 Å². The highest BCUT2D eigenvalue weighted by Crippen LogP contribution is 2.37. The minimum Gasteiger partial charge on any atom is -0.404 e. The number of anilines is 1. The minimum atomic E-state index is -5.06. The predicted molar refractivity (Wildman–Crippen MR) is 89.2 cm³/mol. The number of nitrogens with zero attached hydrogens (tertiary/aromatic N) is 1. The molecule has 0 unspecified atom stereocenters. The van der Waals surface area contributed by atoms with E-state index in [1.54, 1.807) is 0 Å². The number of hydrogen-bond acceptors (Lipinski definition) is 5. The molecule has 146 valence electrons. The summed E-state index contributed by atoms with van der Waals surface area (Å²) in [7, 11) is -8.35. The molecule has 27 heavy (non-hydrogen) atoms. The van der Waals surface area contributed by atoms with Crippen molar-refractivity contribution >= 4 is 25.7 Å². The van der Waals surface area contributed by atoms with Gasteiger partial charge in [-0.25, -0.2) is 22.0 Å². The first-order chi connectivity index (χ1) is 12.4. The van der Waals surface area contributed by atoms with E-state index in [0.717, 1.165) is 22.5 Å². The van der Waals surface area contributed by atoms with Gasteiger partial charge in [0.1, 0.15) is 10.6 Å². The summed E-state index contributed by atoms with van der Waals surface area (Å²) in [6.07, 6.45) is -4.88. The van der Waals surface area contributed by atoms with Gasteiger partial charge < -0.3 is 4.74 Å². The highest BCUT2D eigenvalue weighted by atomic mass is 32.2. The number of nitrogens with two attached hydrogens (primary N) is 1. The Morgan fingerprint density at radius 1 is 1.04 bits per heavy atom. The van der Waals surface area contributed by atoms with E-state index >= 15 is 0 Å². The van der Waals surface area contributed by atoms with Crippen LogP contribution < -0.4 is 14.2 Å². The third kappa shape index (κ3) is 3.87. The lowest BCUT2D eigenvalue weighted by molar-refractivity contribution is -0.275. The van der Waals surface area contributed by atoms with Crippen LogP contribution in [0.4, 0.5) is 18.9 Å². The standard InChI is InChI=1S/C15H13F3N2O5S2/c16-15(17,18)25-13-3-1-2-4-14(13)27(23,24)20-8-7-10-9-11(26(19,21)22)5-6-12(10)20/h1-6,9H,7-8H2,(H2,19,21,22). The SMILES string of the molecule is NS(=O)(=O)c1ccc2c(c1)CCN2S(=O)(=O)c1ccccc1OC(F)(F)F. The third-order valence-corrected chi connectivity index (χ3v) is 6.64. The van der Waals surface area contributed by atoms with Crippen LogP contribution in [0.1, 0.15) is 5.56 Å². The molecular weight excluding hydrogens is 409 g/mol. The van der Waals surface area contributed by atoms with Gasteiger partial charge in [0.05, 0.1) is 10.6 Å². The molecule has 1 aliphatic heterocycles. The average molecular weight is 422 g/mol. The van der Waals surface area contributed by atoms with E-state index in [2.05, 4.69) is 4.74 Å². The van der Waals surface area contributed by atoms with E-state index < -0.39 is 37.1 Å². The van der Waals surface area contributed by atoms with Crippen LogP contribution in [0.15, 0.2) is 52.3 Å². The Hall–Kier alpha value is -2.31. The van der Waals surface area contributed by atoms with Crippen molar-refractivity contribution in [2.75, 3.05) is 10.8 Å². The molecule has 1 heterocycles. The van der Waals surface area contributed by atoms with Crippen molar-refractivity contribution in [2.24, 2.45) is 5.14 Å². The number of halogens is 3. The largest absolute Gasteiger partial charge is 0.573 e. The first-order valence-corrected chi connectivity index (χ1v) is 10.4. The highest BCUT2D eigenvalue weighted by molar-refractivity contribution is 7.93. The molecule has 0 saturated heterocycles. The zero-order valence-corrected chi connectivity index (χ0v) is 15.1. The van der Waals surface area contributed by atoms with Crippen molar-refractivity contribution in [2.45, 2.75) is 22.6 Å². The van der Waals surface area contributed by atoms with Crippen LogP contribution in [0.2, 0.25) is 0 Å². The first-order valence-electron chi connectivity index (χ1n) is 7.43. The number of sulfonamides is 2. The number of alkyl halides is 3. The number of para-hydroxylation sites is 1. The van der Waals surface area contributed by atoms with Crippen LogP contribution in [-0.4, -0.2) is 29.7 Å². The summed E-state index contributed by atoms with van der Waals surface area (Å²) in [6.45, 7) is -0.0634. The second-order valence-electron chi connectivity index (χ2n) is 5.66. The molecule has 1 aliphatic rings. The van der Waals surface area contributed by atoms with Gasteiger partial charge in [0.25, 0.3) is 10.0 Å². The second-order valence-corrected chi connectivity index (χ2v) is 9.05. The van der Waals surface area contributed by atoms with Gasteiger partial charge in [0.2, 0.25) is 10.0 Å². The number of fused-ring (bicyclic) bond motifs is 1. The lowest BCUT2D eigenvalue weighted by Gasteiger charge is -2.21. The Balaban J connectivity index is 2.05. The van der Waals surface area contributed by atoms with E-state index in [4.69, 9.17) is 5.14 Å². The van der Waals surface area contributed by atoms with E-state index in [0.29, 0.717) is 5.56 Å². The summed E-state index contributed by atoms with van der Waals surface area (Å²) in [6, 6.07) is 8.05. The van der Waals surface area contributed by atoms with Gasteiger partial charge in [-0.1, -0.05) is 12.1 Å². The Bertz CT molecular complexity index is 1100. The summed E-state index contributed by atoms with van der Waals surface area (Å²) in [5, 5.41) is 5.06. The average Bonchev–Trinajstić information content (AvgIpc) is 2.96. The molecule has 2 aromatic rings. The smallest absolute Gasteiger partial charge is 0.404 e. The number of ether oxygens (including phenoxy) is 1. The Morgan fingerprint density at radius 2 is 1.70 bits per heavy atom. The Labute approximate surface area is 153 Å². The van der Waals surface area contributed by atoms with E-state index in [1.165, 1.54) is 24.3 Å². The molecule has 2 aromatic carbocycles. The highest BCUT2D eigenvalue weighted by Gasteiger charge is 2.37. The van der Waals surface area contributed by atoms with Crippen molar-refractivity contribution < 1.29 is 34.7 Å². The summed E-state index contributed by atoms with van der Waals surface area (Å²) in [4.78, 5) is -0.827. The van der Waals surface area contributed by atoms with E-state index in [1.807, 2.05) is 0 Å². The predicted octanol–water partition coefficient (Wildman–Crippen LogP) is 1.98. The maximum absolute atomic E-state index is 12.9. The third-order valence-electron chi connectivity index (χ3n) is 3.88. The topological polar surface area (TPSA) is 107 Å². The van der Waals surface area contributed by atoms with Gasteiger partial charge in [-0.3, -0.25) is 4.31 Å². The molecule has 3 rings (SSSR count). The zero-order valence-electron chi connectivity index (χ0n) is 13.5. The molecule has 0 bridgehead atoms. The van der Waals surface area contributed by atoms with Gasteiger partial charge in [0, 0.05) is 6.54 Å². The maximum Gasteiger partial charge on any atom is 0.573 e. The molecular formula is C15H13F3N2O5S2. The van der Waals surface area contributed by atoms with E-state index in [9.17, 15) is 30.0 Å². The van der Waals surface area contributed by atoms with Gasteiger partial charge in [-0.15, -0.1) is 13.2 Å². The fraction of sp³-hybridized carbons (Fsp3) is 0.200. The van der Waals surface area contributed by atoms with Crippen LogP contribution in [0.5, 0.6) is 5.75 Å². The monoisotopic (exact) mass is 422 g/mol. The number of benzene rings is 2. The van der Waals surface area contributed by atoms with Crippen molar-refractivity contribution in [3.8, 4) is 5.75 Å². The molecule has 7 nitrogen and oxygen atoms in total. The van der Waals surface area contributed by atoms with Gasteiger partial charge in [-0.2, -0.15) is 0 Å². The minimum absolute atomic E-state index is 0.0634. The zero-order chi connectivity index (χ0) is 20.0. The lowest BCUT2D eigenvalue weighted by Crippen LogP contribution is -2.30. The van der Waals surface area contributed by atoms with Gasteiger partial charge >= 0.3 is 6.36 Å².